The second-order valence-electron chi connectivity index (χ2n) is 20.7. The van der Waals surface area contributed by atoms with Crippen molar-refractivity contribution in [1.82, 2.24) is 9.05 Å². The predicted molar refractivity (Wildman–Crippen MR) is 259 cm³/mol. The largest absolute Gasteiger partial charge is 0.375 e. The van der Waals surface area contributed by atoms with Crippen molar-refractivity contribution in [3.05, 3.63) is 162 Å². The van der Waals surface area contributed by atoms with Gasteiger partial charge < -0.3 is 9.05 Å². The molecular weight excluding hydrogens is 723 g/mol. The molecule has 7 aromatic carbocycles. The summed E-state index contributed by atoms with van der Waals surface area (Å²) in [7, 11) is 0. The van der Waals surface area contributed by atoms with Crippen molar-refractivity contribution in [3.63, 3.8) is 0 Å². The maximum Gasteiger partial charge on any atom is 0.333 e. The topological polar surface area (TPSA) is 9.86 Å². The Bertz CT molecular complexity index is 3250. The highest BCUT2D eigenvalue weighted by Gasteiger charge is 2.44. The predicted octanol–water partition coefficient (Wildman–Crippen LogP) is 13.9. The lowest BCUT2D eigenvalue weighted by molar-refractivity contribution is 0.590. The van der Waals surface area contributed by atoms with E-state index in [1.807, 2.05) is 0 Å². The molecular formula is C57H53BN2. The second-order valence-corrected chi connectivity index (χ2v) is 20.7. The fourth-order valence-electron chi connectivity index (χ4n) is 10.4. The number of hydrogen-bond acceptors (Lipinski definition) is 0. The molecule has 0 bridgehead atoms. The first-order valence-electron chi connectivity index (χ1n) is 21.8. The van der Waals surface area contributed by atoms with Crippen LogP contribution in [0.25, 0.3) is 83.0 Å². The van der Waals surface area contributed by atoms with Crippen molar-refractivity contribution >= 4 is 50.5 Å². The smallest absolute Gasteiger partial charge is 0.333 e. The molecule has 9 aromatic rings. The van der Waals surface area contributed by atoms with Gasteiger partial charge in [-0.15, -0.1) is 0 Å². The fourth-order valence-corrected chi connectivity index (χ4v) is 10.4. The van der Waals surface area contributed by atoms with Gasteiger partial charge in [-0.3, -0.25) is 0 Å². The zero-order valence-electron chi connectivity index (χ0n) is 36.8. The van der Waals surface area contributed by atoms with E-state index < -0.39 is 0 Å². The van der Waals surface area contributed by atoms with E-state index in [1.165, 1.54) is 116 Å². The van der Waals surface area contributed by atoms with Gasteiger partial charge in [-0.2, -0.15) is 0 Å². The highest BCUT2D eigenvalue weighted by Crippen LogP contribution is 2.51. The summed E-state index contributed by atoms with van der Waals surface area (Å²) in [5.41, 5.74) is 23.5. The van der Waals surface area contributed by atoms with Crippen LogP contribution in [0.5, 0.6) is 0 Å². The number of rotatable bonds is 3. The minimum atomic E-state index is -0.0734. The molecule has 60 heavy (non-hydrogen) atoms. The molecule has 294 valence electrons. The molecule has 3 heteroatoms. The zero-order chi connectivity index (χ0) is 41.6. The maximum absolute atomic E-state index is 2.78. The number of hydrogen-bond donors (Lipinski definition) is 0. The molecule has 2 aliphatic heterocycles. The summed E-state index contributed by atoms with van der Waals surface area (Å²) < 4.78 is 5.43. The first-order valence-corrected chi connectivity index (χ1v) is 21.8. The molecule has 0 saturated carbocycles. The Morgan fingerprint density at radius 2 is 1.07 bits per heavy atom. The Labute approximate surface area is 355 Å². The first-order chi connectivity index (χ1) is 28.6. The summed E-state index contributed by atoms with van der Waals surface area (Å²) in [6, 6.07) is 53.7. The normalized spacial score (nSPS) is 13.5. The van der Waals surface area contributed by atoms with E-state index in [4.69, 9.17) is 0 Å². The first kappa shape index (κ1) is 37.0. The van der Waals surface area contributed by atoms with Crippen molar-refractivity contribution < 1.29 is 0 Å². The Morgan fingerprint density at radius 3 is 1.73 bits per heavy atom. The minimum Gasteiger partial charge on any atom is -0.375 e. The summed E-state index contributed by atoms with van der Waals surface area (Å²) >= 11 is 0. The average molecular weight is 777 g/mol. The minimum absolute atomic E-state index is 0.0224. The highest BCUT2D eigenvalue weighted by molar-refractivity contribution is 6.90. The Kier molecular flexibility index (Phi) is 7.70. The monoisotopic (exact) mass is 776 g/mol. The summed E-state index contributed by atoms with van der Waals surface area (Å²) in [6.07, 6.45) is 0. The number of aromatic nitrogens is 2. The standard InChI is InChI=1S/C57H53BN2/c1-34-19-17-18-24-41(34)50-46-28-37(35-20-13-11-14-21-35)27-44-43-30-40(57(8,9)10)33-49-51(43)58(60(53(44)46)52(50)36-22-15-12-16-23-36)47-32-39(56(5,6)7)31-45-42-29-38(55(2,3)4)25-26-48(42)59(49)54(45)47/h11-33H,1-10H3. The molecule has 0 atom stereocenters. The second kappa shape index (κ2) is 12.5. The summed E-state index contributed by atoms with van der Waals surface area (Å²) in [5.74, 6) is 0. The van der Waals surface area contributed by atoms with Crippen LogP contribution in [0.2, 0.25) is 0 Å². The molecule has 0 aliphatic carbocycles. The van der Waals surface area contributed by atoms with Crippen LogP contribution >= 0.6 is 0 Å². The Morgan fingerprint density at radius 1 is 0.450 bits per heavy atom. The van der Waals surface area contributed by atoms with E-state index in [1.54, 1.807) is 0 Å². The summed E-state index contributed by atoms with van der Waals surface area (Å²) in [5, 5.41) is 3.99. The van der Waals surface area contributed by atoms with Crippen LogP contribution in [0.3, 0.4) is 0 Å². The molecule has 0 amide bonds. The Hall–Kier alpha value is -6.06. The average Bonchev–Trinajstić information content (AvgIpc) is 3.74. The lowest BCUT2D eigenvalue weighted by Gasteiger charge is -2.37. The van der Waals surface area contributed by atoms with Gasteiger partial charge in [-0.25, -0.2) is 0 Å². The van der Waals surface area contributed by atoms with Gasteiger partial charge in [0.15, 0.2) is 0 Å². The number of fused-ring (bicyclic) bond motifs is 7. The van der Waals surface area contributed by atoms with Gasteiger partial charge in [0, 0.05) is 44.2 Å². The van der Waals surface area contributed by atoms with E-state index in [9.17, 15) is 0 Å². The van der Waals surface area contributed by atoms with Crippen LogP contribution in [0.4, 0.5) is 0 Å². The third kappa shape index (κ3) is 5.27. The summed E-state index contributed by atoms with van der Waals surface area (Å²) in [4.78, 5) is 0. The van der Waals surface area contributed by atoms with Crippen molar-refractivity contribution in [1.29, 1.82) is 0 Å². The molecule has 0 N–H and O–H groups in total. The van der Waals surface area contributed by atoms with E-state index >= 15 is 0 Å². The number of nitrogens with zero attached hydrogens (tertiary/aromatic N) is 2. The lowest BCUT2D eigenvalue weighted by atomic mass is 9.45. The lowest BCUT2D eigenvalue weighted by Crippen LogP contribution is -2.56. The molecule has 4 heterocycles. The zero-order valence-corrected chi connectivity index (χ0v) is 36.8. The number of benzene rings is 7. The van der Waals surface area contributed by atoms with Crippen LogP contribution in [0.1, 0.15) is 84.6 Å². The fraction of sp³-hybridized carbons (Fsp3) is 0.228. The maximum atomic E-state index is 2.78. The third-order valence-corrected chi connectivity index (χ3v) is 13.7. The highest BCUT2D eigenvalue weighted by atomic mass is 15.0. The van der Waals surface area contributed by atoms with E-state index in [-0.39, 0.29) is 23.1 Å². The molecule has 2 nitrogen and oxygen atoms in total. The Balaban J connectivity index is 1.41. The van der Waals surface area contributed by atoms with Crippen LogP contribution < -0.4 is 10.9 Å². The van der Waals surface area contributed by atoms with E-state index in [0.717, 1.165) is 0 Å². The van der Waals surface area contributed by atoms with Gasteiger partial charge in [0.05, 0.1) is 11.0 Å². The van der Waals surface area contributed by atoms with Gasteiger partial charge in [0.1, 0.15) is 0 Å². The molecule has 0 fully saturated rings. The van der Waals surface area contributed by atoms with Gasteiger partial charge in [-0.05, 0) is 121 Å². The van der Waals surface area contributed by atoms with Crippen molar-refractivity contribution in [2.45, 2.75) is 85.5 Å². The van der Waals surface area contributed by atoms with E-state index in [0.29, 0.717) is 0 Å². The van der Waals surface area contributed by atoms with E-state index in [2.05, 4.69) is 218 Å². The van der Waals surface area contributed by atoms with Crippen LogP contribution in [0.15, 0.2) is 140 Å². The van der Waals surface area contributed by atoms with Gasteiger partial charge in [0.2, 0.25) is 0 Å². The molecule has 0 radical (unpaired) electrons. The van der Waals surface area contributed by atoms with Gasteiger partial charge in [-0.1, -0.05) is 165 Å². The van der Waals surface area contributed by atoms with Crippen molar-refractivity contribution in [2.24, 2.45) is 0 Å². The molecule has 2 aromatic heterocycles. The van der Waals surface area contributed by atoms with Crippen LogP contribution in [0, 0.1) is 6.92 Å². The summed E-state index contributed by atoms with van der Waals surface area (Å²) in [6.45, 7) is 23.5. The van der Waals surface area contributed by atoms with Crippen LogP contribution in [-0.4, -0.2) is 15.9 Å². The molecule has 2 aliphatic rings. The molecule has 0 spiro atoms. The SMILES string of the molecule is Cc1ccccc1-c1c(-c2ccccc2)n2c3c(cc(-c4ccccc4)cc13)-c1cc(C(C)(C)C)cc3c1B2c1cc(C(C)(C)C)cc2c4cc(C(C)(C)C)ccc4n-3c12. The molecule has 0 saturated heterocycles. The van der Waals surface area contributed by atoms with Crippen molar-refractivity contribution in [3.8, 4) is 50.3 Å². The molecule has 11 rings (SSSR count). The quantitative estimate of drug-likeness (QED) is 0.158. The van der Waals surface area contributed by atoms with Gasteiger partial charge >= 0.3 is 6.85 Å². The number of aryl methyl sites for hydroxylation is 1. The van der Waals surface area contributed by atoms with Gasteiger partial charge in [0.25, 0.3) is 0 Å². The van der Waals surface area contributed by atoms with Crippen molar-refractivity contribution in [2.75, 3.05) is 0 Å². The van der Waals surface area contributed by atoms with Crippen LogP contribution in [-0.2, 0) is 16.2 Å². The molecule has 0 unspecified atom stereocenters. The third-order valence-electron chi connectivity index (χ3n) is 13.7.